The van der Waals surface area contributed by atoms with E-state index >= 15 is 0 Å². The Hall–Kier alpha value is -1.47. The minimum absolute atomic E-state index is 0.0999. The van der Waals surface area contributed by atoms with Crippen LogP contribution in [-0.2, 0) is 16.1 Å². The van der Waals surface area contributed by atoms with Crippen LogP contribution < -0.4 is 11.5 Å². The van der Waals surface area contributed by atoms with Crippen LogP contribution >= 0.6 is 0 Å². The minimum Gasteiger partial charge on any atom is -0.382 e. The van der Waals surface area contributed by atoms with Gasteiger partial charge in [0, 0.05) is 7.11 Å². The Labute approximate surface area is 81.5 Å². The summed E-state index contributed by atoms with van der Waals surface area (Å²) < 4.78 is 9.98. The van der Waals surface area contributed by atoms with Crippen LogP contribution in [0.4, 0.5) is 11.9 Å². The number of methoxy groups -OCH3 is 1. The fourth-order valence-electron chi connectivity index (χ4n) is 0.827. The topological polar surface area (TPSA) is 109 Å². The van der Waals surface area contributed by atoms with Gasteiger partial charge in [-0.1, -0.05) is 0 Å². The highest BCUT2D eigenvalue weighted by molar-refractivity contribution is 5.25. The van der Waals surface area contributed by atoms with Gasteiger partial charge in [0.2, 0.25) is 11.9 Å². The number of anilines is 2. The summed E-state index contributed by atoms with van der Waals surface area (Å²) >= 11 is 0. The molecule has 7 heteroatoms. The second kappa shape index (κ2) is 5.30. The van der Waals surface area contributed by atoms with Crippen LogP contribution in [0.2, 0.25) is 0 Å². The zero-order valence-corrected chi connectivity index (χ0v) is 7.93. The normalized spacial score (nSPS) is 10.4. The summed E-state index contributed by atoms with van der Waals surface area (Å²) in [6.45, 7) is 1.25. The monoisotopic (exact) mass is 199 g/mol. The van der Waals surface area contributed by atoms with Gasteiger partial charge in [-0.05, 0) is 0 Å². The van der Waals surface area contributed by atoms with Crippen molar-refractivity contribution in [3.05, 3.63) is 5.82 Å². The number of nitrogens with two attached hydrogens (primary N) is 2. The SMILES string of the molecule is COCCOCc1nc(N)nc(N)n1. The van der Waals surface area contributed by atoms with E-state index in [2.05, 4.69) is 15.0 Å². The van der Waals surface area contributed by atoms with Crippen LogP contribution in [0.3, 0.4) is 0 Å². The Morgan fingerprint density at radius 3 is 2.29 bits per heavy atom. The van der Waals surface area contributed by atoms with Gasteiger partial charge in [-0.2, -0.15) is 15.0 Å². The molecule has 0 aliphatic rings. The number of rotatable bonds is 5. The second-order valence-electron chi connectivity index (χ2n) is 2.51. The average Bonchev–Trinajstić information content (AvgIpc) is 2.11. The predicted octanol–water partition coefficient (Wildman–Crippen LogP) is -0.801. The number of nitrogen functional groups attached to an aromatic ring is 2. The van der Waals surface area contributed by atoms with Crippen LogP contribution in [-0.4, -0.2) is 35.3 Å². The Bertz CT molecular complexity index is 273. The van der Waals surface area contributed by atoms with E-state index in [0.717, 1.165) is 0 Å². The van der Waals surface area contributed by atoms with Crippen LogP contribution in [0, 0.1) is 0 Å². The first kappa shape index (κ1) is 10.6. The first-order valence-corrected chi connectivity index (χ1v) is 4.05. The molecule has 0 amide bonds. The molecular weight excluding hydrogens is 186 g/mol. The van der Waals surface area contributed by atoms with Gasteiger partial charge in [-0.3, -0.25) is 0 Å². The molecule has 0 aromatic carbocycles. The molecule has 0 unspecified atom stereocenters. The molecule has 0 spiro atoms. The van der Waals surface area contributed by atoms with Crippen molar-refractivity contribution in [2.75, 3.05) is 31.8 Å². The van der Waals surface area contributed by atoms with Crippen LogP contribution in [0.5, 0.6) is 0 Å². The predicted molar refractivity (Wildman–Crippen MR) is 50.2 cm³/mol. The molecule has 1 heterocycles. The Balaban J connectivity index is 2.42. The molecule has 14 heavy (non-hydrogen) atoms. The summed E-state index contributed by atoms with van der Waals surface area (Å²) in [5.74, 6) is 0.622. The lowest BCUT2D eigenvalue weighted by Gasteiger charge is -2.03. The lowest BCUT2D eigenvalue weighted by molar-refractivity contribution is 0.0586. The van der Waals surface area contributed by atoms with Crippen LogP contribution in [0.15, 0.2) is 0 Å². The Morgan fingerprint density at radius 2 is 1.71 bits per heavy atom. The van der Waals surface area contributed by atoms with Gasteiger partial charge < -0.3 is 20.9 Å². The van der Waals surface area contributed by atoms with Gasteiger partial charge in [-0.15, -0.1) is 0 Å². The Kier molecular flexibility index (Phi) is 4.02. The molecule has 0 bridgehead atoms. The van der Waals surface area contributed by atoms with E-state index in [1.807, 2.05) is 0 Å². The van der Waals surface area contributed by atoms with Crippen molar-refractivity contribution in [3.63, 3.8) is 0 Å². The summed E-state index contributed by atoms with van der Waals surface area (Å²) in [5, 5.41) is 0. The highest BCUT2D eigenvalue weighted by atomic mass is 16.5. The van der Waals surface area contributed by atoms with Crippen molar-refractivity contribution in [1.29, 1.82) is 0 Å². The zero-order chi connectivity index (χ0) is 10.4. The molecule has 0 atom stereocenters. The van der Waals surface area contributed by atoms with Gasteiger partial charge in [0.1, 0.15) is 6.61 Å². The average molecular weight is 199 g/mol. The van der Waals surface area contributed by atoms with Gasteiger partial charge in [0.25, 0.3) is 0 Å². The third-order valence-corrected chi connectivity index (χ3v) is 1.38. The van der Waals surface area contributed by atoms with E-state index in [1.165, 1.54) is 0 Å². The maximum Gasteiger partial charge on any atom is 0.225 e. The molecule has 0 aliphatic heterocycles. The van der Waals surface area contributed by atoms with Crippen molar-refractivity contribution < 1.29 is 9.47 Å². The zero-order valence-electron chi connectivity index (χ0n) is 7.93. The Morgan fingerprint density at radius 1 is 1.07 bits per heavy atom. The molecule has 78 valence electrons. The molecule has 7 nitrogen and oxygen atoms in total. The molecule has 1 aromatic heterocycles. The van der Waals surface area contributed by atoms with Gasteiger partial charge in [-0.25, -0.2) is 0 Å². The summed E-state index contributed by atoms with van der Waals surface area (Å²) in [4.78, 5) is 11.3. The highest BCUT2D eigenvalue weighted by Gasteiger charge is 2.01. The van der Waals surface area contributed by atoms with E-state index < -0.39 is 0 Å². The molecule has 1 aromatic rings. The highest BCUT2D eigenvalue weighted by Crippen LogP contribution is 1.99. The third kappa shape index (κ3) is 3.50. The standard InChI is InChI=1S/C7H13N5O2/c1-13-2-3-14-4-5-10-6(8)12-7(9)11-5/h2-4H2,1H3,(H4,8,9,10,11,12). The van der Waals surface area contributed by atoms with Gasteiger partial charge in [0.05, 0.1) is 13.2 Å². The summed E-state index contributed by atoms with van der Waals surface area (Å²) in [7, 11) is 1.60. The van der Waals surface area contributed by atoms with E-state index in [9.17, 15) is 0 Å². The summed E-state index contributed by atoms with van der Waals surface area (Å²) in [6, 6.07) is 0. The smallest absolute Gasteiger partial charge is 0.225 e. The van der Waals surface area contributed by atoms with E-state index in [1.54, 1.807) is 7.11 Å². The number of ether oxygens (including phenoxy) is 2. The number of hydrogen-bond donors (Lipinski definition) is 2. The second-order valence-corrected chi connectivity index (χ2v) is 2.51. The lowest BCUT2D eigenvalue weighted by Crippen LogP contribution is -2.09. The molecule has 1 rings (SSSR count). The van der Waals surface area contributed by atoms with E-state index in [4.69, 9.17) is 20.9 Å². The third-order valence-electron chi connectivity index (χ3n) is 1.38. The number of aromatic nitrogens is 3. The van der Waals surface area contributed by atoms with Gasteiger partial charge in [0.15, 0.2) is 5.82 Å². The van der Waals surface area contributed by atoms with Crippen molar-refractivity contribution in [2.24, 2.45) is 0 Å². The maximum atomic E-state index is 5.37. The lowest BCUT2D eigenvalue weighted by atomic mass is 10.6. The summed E-state index contributed by atoms with van der Waals surface area (Å²) in [6.07, 6.45) is 0. The molecular formula is C7H13N5O2. The largest absolute Gasteiger partial charge is 0.382 e. The van der Waals surface area contributed by atoms with Crippen LogP contribution in [0.1, 0.15) is 5.82 Å². The fourth-order valence-corrected chi connectivity index (χ4v) is 0.827. The molecule has 0 saturated carbocycles. The molecule has 4 N–H and O–H groups in total. The number of hydrogen-bond acceptors (Lipinski definition) is 7. The first-order valence-electron chi connectivity index (χ1n) is 4.05. The molecule has 0 aliphatic carbocycles. The molecule has 0 saturated heterocycles. The summed E-state index contributed by atoms with van der Waals surface area (Å²) in [5.41, 5.74) is 10.7. The van der Waals surface area contributed by atoms with Crippen LogP contribution in [0.25, 0.3) is 0 Å². The van der Waals surface area contributed by atoms with Crippen molar-refractivity contribution in [2.45, 2.75) is 6.61 Å². The van der Waals surface area contributed by atoms with Crippen molar-refractivity contribution in [3.8, 4) is 0 Å². The molecule has 0 fully saturated rings. The van der Waals surface area contributed by atoms with E-state index in [-0.39, 0.29) is 18.5 Å². The van der Waals surface area contributed by atoms with Crippen molar-refractivity contribution in [1.82, 2.24) is 15.0 Å². The fraction of sp³-hybridized carbons (Fsp3) is 0.571. The maximum absolute atomic E-state index is 5.37. The van der Waals surface area contributed by atoms with Crippen molar-refractivity contribution >= 4 is 11.9 Å². The molecule has 0 radical (unpaired) electrons. The minimum atomic E-state index is 0.0999. The first-order chi connectivity index (χ1) is 6.72. The van der Waals surface area contributed by atoms with E-state index in [0.29, 0.717) is 19.0 Å². The quantitative estimate of drug-likeness (QED) is 0.597. The number of nitrogens with zero attached hydrogens (tertiary/aromatic N) is 3. The van der Waals surface area contributed by atoms with Gasteiger partial charge >= 0.3 is 0 Å².